The molecule has 0 spiro atoms. The predicted octanol–water partition coefficient (Wildman–Crippen LogP) is 4.69. The van der Waals surface area contributed by atoms with Gasteiger partial charge in [0.15, 0.2) is 0 Å². The Hall–Kier alpha value is -3.16. The number of rotatable bonds is 7. The van der Waals surface area contributed by atoms with Crippen molar-refractivity contribution >= 4 is 17.5 Å². The molecule has 2 aromatic carbocycles. The first-order chi connectivity index (χ1) is 15.4. The molecule has 1 saturated carbocycles. The minimum Gasteiger partial charge on any atom is -0.497 e. The molecule has 1 aliphatic heterocycles. The highest BCUT2D eigenvalue weighted by Crippen LogP contribution is 2.35. The van der Waals surface area contributed by atoms with Crippen LogP contribution in [0.4, 0.5) is 14.5 Å². The summed E-state index contributed by atoms with van der Waals surface area (Å²) in [6.07, 6.45) is 4.42. The number of ether oxygens (including phenoxy) is 2. The Morgan fingerprint density at radius 1 is 1.12 bits per heavy atom. The molecule has 1 N–H and O–H groups in total. The van der Waals surface area contributed by atoms with Crippen LogP contribution in [-0.4, -0.2) is 43.0 Å². The second kappa shape index (κ2) is 9.54. The van der Waals surface area contributed by atoms with Gasteiger partial charge in [-0.15, -0.1) is 0 Å². The second-order valence-corrected chi connectivity index (χ2v) is 8.19. The molecule has 1 atom stereocenters. The van der Waals surface area contributed by atoms with E-state index >= 15 is 0 Å². The van der Waals surface area contributed by atoms with Gasteiger partial charge in [-0.25, -0.2) is 0 Å². The van der Waals surface area contributed by atoms with Crippen molar-refractivity contribution in [2.45, 2.75) is 44.8 Å². The Morgan fingerprint density at radius 2 is 1.84 bits per heavy atom. The number of alkyl halides is 2. The fraction of sp³-hybridized carbons (Fsp3) is 0.417. The van der Waals surface area contributed by atoms with Gasteiger partial charge in [0.25, 0.3) is 0 Å². The van der Waals surface area contributed by atoms with E-state index in [1.54, 1.807) is 30.3 Å². The Labute approximate surface area is 185 Å². The SMILES string of the molecule is COc1ccc(-c2cc(NC(=O)C3CC(=O)N(C4CCCC4)C3)ccc2OC(F)F)cc1. The van der Waals surface area contributed by atoms with Crippen molar-refractivity contribution in [3.05, 3.63) is 42.5 Å². The molecular weight excluding hydrogens is 418 g/mol. The summed E-state index contributed by atoms with van der Waals surface area (Å²) >= 11 is 0. The van der Waals surface area contributed by atoms with Gasteiger partial charge in [0, 0.05) is 30.3 Å². The minimum absolute atomic E-state index is 0.00613. The molecule has 32 heavy (non-hydrogen) atoms. The molecule has 0 radical (unpaired) electrons. The lowest BCUT2D eigenvalue weighted by molar-refractivity contribution is -0.129. The van der Waals surface area contributed by atoms with Crippen LogP contribution in [0.5, 0.6) is 11.5 Å². The number of benzene rings is 2. The summed E-state index contributed by atoms with van der Waals surface area (Å²) in [5.74, 6) is -0.0119. The summed E-state index contributed by atoms with van der Waals surface area (Å²) in [5, 5.41) is 2.84. The Balaban J connectivity index is 1.51. The molecule has 1 heterocycles. The van der Waals surface area contributed by atoms with E-state index in [0.717, 1.165) is 25.7 Å². The third-order valence-electron chi connectivity index (χ3n) is 6.16. The third kappa shape index (κ3) is 4.84. The molecule has 2 fully saturated rings. The second-order valence-electron chi connectivity index (χ2n) is 8.19. The zero-order valence-electron chi connectivity index (χ0n) is 17.9. The van der Waals surface area contributed by atoms with E-state index in [1.165, 1.54) is 19.2 Å². The van der Waals surface area contributed by atoms with Crippen LogP contribution in [0.25, 0.3) is 11.1 Å². The number of halogens is 2. The van der Waals surface area contributed by atoms with Crippen molar-refractivity contribution in [3.8, 4) is 22.6 Å². The number of nitrogens with one attached hydrogen (secondary N) is 1. The van der Waals surface area contributed by atoms with Gasteiger partial charge in [-0.05, 0) is 48.7 Å². The summed E-state index contributed by atoms with van der Waals surface area (Å²) in [4.78, 5) is 27.1. The summed E-state index contributed by atoms with van der Waals surface area (Å²) in [6.45, 7) is -2.55. The number of anilines is 1. The smallest absolute Gasteiger partial charge is 0.387 e. The first-order valence-corrected chi connectivity index (χ1v) is 10.8. The number of methoxy groups -OCH3 is 1. The van der Waals surface area contributed by atoms with Crippen molar-refractivity contribution in [3.63, 3.8) is 0 Å². The van der Waals surface area contributed by atoms with Crippen molar-refractivity contribution in [1.29, 1.82) is 0 Å². The molecule has 2 amide bonds. The van der Waals surface area contributed by atoms with Gasteiger partial charge in [0.1, 0.15) is 11.5 Å². The quantitative estimate of drug-likeness (QED) is 0.673. The van der Waals surface area contributed by atoms with Gasteiger partial charge >= 0.3 is 6.61 Å². The van der Waals surface area contributed by atoms with Crippen LogP contribution in [-0.2, 0) is 9.59 Å². The summed E-state index contributed by atoms with van der Waals surface area (Å²) in [7, 11) is 1.54. The molecule has 2 aromatic rings. The molecule has 8 heteroatoms. The molecule has 0 bridgehead atoms. The van der Waals surface area contributed by atoms with Crippen LogP contribution in [0.15, 0.2) is 42.5 Å². The number of carbonyl (C=O) groups excluding carboxylic acids is 2. The topological polar surface area (TPSA) is 67.9 Å². The van der Waals surface area contributed by atoms with Gasteiger partial charge in [0.2, 0.25) is 11.8 Å². The lowest BCUT2D eigenvalue weighted by Gasteiger charge is -2.23. The summed E-state index contributed by atoms with van der Waals surface area (Å²) in [5.41, 5.74) is 1.51. The molecule has 2 aliphatic rings. The first kappa shape index (κ1) is 22.0. The Morgan fingerprint density at radius 3 is 2.50 bits per heavy atom. The summed E-state index contributed by atoms with van der Waals surface area (Å²) in [6, 6.07) is 11.7. The molecule has 1 saturated heterocycles. The third-order valence-corrected chi connectivity index (χ3v) is 6.16. The van der Waals surface area contributed by atoms with Crippen LogP contribution in [0.1, 0.15) is 32.1 Å². The van der Waals surface area contributed by atoms with Crippen molar-refractivity contribution < 1.29 is 27.8 Å². The van der Waals surface area contributed by atoms with E-state index in [0.29, 0.717) is 29.1 Å². The molecule has 1 aliphatic carbocycles. The maximum Gasteiger partial charge on any atom is 0.387 e. The van der Waals surface area contributed by atoms with Gasteiger partial charge < -0.3 is 19.7 Å². The normalized spacial score (nSPS) is 18.9. The number of amides is 2. The monoisotopic (exact) mass is 444 g/mol. The van der Waals surface area contributed by atoms with Crippen molar-refractivity contribution in [1.82, 2.24) is 4.90 Å². The number of likely N-dealkylation sites (tertiary alicyclic amines) is 1. The highest BCUT2D eigenvalue weighted by atomic mass is 19.3. The Bertz CT molecular complexity index is 974. The van der Waals surface area contributed by atoms with Crippen LogP contribution >= 0.6 is 0 Å². The zero-order chi connectivity index (χ0) is 22.7. The van der Waals surface area contributed by atoms with E-state index in [-0.39, 0.29) is 30.0 Å². The van der Waals surface area contributed by atoms with Crippen LogP contribution in [0.3, 0.4) is 0 Å². The summed E-state index contributed by atoms with van der Waals surface area (Å²) < 4.78 is 35.6. The fourth-order valence-electron chi connectivity index (χ4n) is 4.52. The standard InChI is InChI=1S/C24H26F2N2O4/c1-31-19-9-6-15(7-10-19)20-13-17(8-11-21(20)32-24(25)26)27-23(30)16-12-22(29)28(14-16)18-4-2-3-5-18/h6-11,13,16,18,24H,2-5,12,14H2,1H3,(H,27,30). The zero-order valence-corrected chi connectivity index (χ0v) is 17.9. The molecule has 1 unspecified atom stereocenters. The van der Waals surface area contributed by atoms with Crippen molar-refractivity contribution in [2.24, 2.45) is 5.92 Å². The predicted molar refractivity (Wildman–Crippen MR) is 116 cm³/mol. The van der Waals surface area contributed by atoms with E-state index in [2.05, 4.69) is 10.1 Å². The number of carbonyl (C=O) groups is 2. The largest absolute Gasteiger partial charge is 0.497 e. The maximum absolute atomic E-state index is 12.9. The minimum atomic E-state index is -2.97. The van der Waals surface area contributed by atoms with E-state index in [1.807, 2.05) is 4.90 Å². The number of hydrogen-bond donors (Lipinski definition) is 1. The molecule has 0 aromatic heterocycles. The maximum atomic E-state index is 12.9. The van der Waals surface area contributed by atoms with Crippen molar-refractivity contribution in [2.75, 3.05) is 19.0 Å². The van der Waals surface area contributed by atoms with Crippen LogP contribution in [0, 0.1) is 5.92 Å². The van der Waals surface area contributed by atoms with E-state index in [4.69, 9.17) is 4.74 Å². The average molecular weight is 444 g/mol. The van der Waals surface area contributed by atoms with Gasteiger partial charge in [-0.1, -0.05) is 25.0 Å². The van der Waals surface area contributed by atoms with Gasteiger partial charge in [-0.2, -0.15) is 8.78 Å². The van der Waals surface area contributed by atoms with E-state index < -0.39 is 12.5 Å². The number of hydrogen-bond acceptors (Lipinski definition) is 4. The van der Waals surface area contributed by atoms with Gasteiger partial charge in [0.05, 0.1) is 13.0 Å². The molecule has 4 rings (SSSR count). The van der Waals surface area contributed by atoms with Gasteiger partial charge in [-0.3, -0.25) is 9.59 Å². The molecular formula is C24H26F2N2O4. The lowest BCUT2D eigenvalue weighted by atomic mass is 10.0. The lowest BCUT2D eigenvalue weighted by Crippen LogP contribution is -2.35. The first-order valence-electron chi connectivity index (χ1n) is 10.8. The molecule has 170 valence electrons. The van der Waals surface area contributed by atoms with Crippen LogP contribution < -0.4 is 14.8 Å². The highest BCUT2D eigenvalue weighted by molar-refractivity contribution is 5.98. The highest BCUT2D eigenvalue weighted by Gasteiger charge is 2.38. The Kier molecular flexibility index (Phi) is 6.58. The number of nitrogens with zero attached hydrogens (tertiary/aromatic N) is 1. The average Bonchev–Trinajstić information content (AvgIpc) is 3.44. The van der Waals surface area contributed by atoms with E-state index in [9.17, 15) is 18.4 Å². The van der Waals surface area contributed by atoms with Crippen LogP contribution in [0.2, 0.25) is 0 Å². The molecule has 6 nitrogen and oxygen atoms in total. The fourth-order valence-corrected chi connectivity index (χ4v) is 4.52.